The number of nitrogens with zero attached hydrogens (tertiary/aromatic N) is 3. The molecule has 0 spiro atoms. The van der Waals surface area contributed by atoms with Crippen molar-refractivity contribution >= 4 is 5.82 Å². The van der Waals surface area contributed by atoms with Gasteiger partial charge in [-0.05, 0) is 24.3 Å². The molecule has 0 radical (unpaired) electrons. The van der Waals surface area contributed by atoms with Crippen LogP contribution in [0.5, 0.6) is 5.75 Å². The fourth-order valence-corrected chi connectivity index (χ4v) is 2.26. The highest BCUT2D eigenvalue weighted by Crippen LogP contribution is 2.28. The van der Waals surface area contributed by atoms with E-state index >= 15 is 0 Å². The van der Waals surface area contributed by atoms with Crippen molar-refractivity contribution in [1.29, 1.82) is 5.26 Å². The van der Waals surface area contributed by atoms with Crippen molar-refractivity contribution in [3.8, 4) is 28.8 Å². The van der Waals surface area contributed by atoms with Crippen LogP contribution in [0.25, 0.3) is 16.9 Å². The standard InChI is InChI=1S/C17H14N4O/c1-22-14-9-7-13(8-10-14)21-17(19)15(11-18)16(20-21)12-5-3-2-4-6-12/h2-10H,19H2,1H3. The molecule has 0 aliphatic heterocycles. The van der Waals surface area contributed by atoms with Crippen molar-refractivity contribution in [2.45, 2.75) is 0 Å². The second kappa shape index (κ2) is 5.62. The molecule has 0 atom stereocenters. The zero-order chi connectivity index (χ0) is 15.5. The van der Waals surface area contributed by atoms with Crippen LogP contribution in [0.4, 0.5) is 5.82 Å². The molecule has 2 aromatic carbocycles. The van der Waals surface area contributed by atoms with E-state index in [1.165, 1.54) is 0 Å². The van der Waals surface area contributed by atoms with E-state index in [0.717, 1.165) is 17.0 Å². The van der Waals surface area contributed by atoms with Crippen LogP contribution in [0.2, 0.25) is 0 Å². The Balaban J connectivity index is 2.14. The number of anilines is 1. The quantitative estimate of drug-likeness (QED) is 0.804. The molecule has 0 saturated carbocycles. The van der Waals surface area contributed by atoms with E-state index in [1.54, 1.807) is 11.8 Å². The number of methoxy groups -OCH3 is 1. The Morgan fingerprint density at radius 2 is 1.77 bits per heavy atom. The first-order valence-electron chi connectivity index (χ1n) is 6.73. The monoisotopic (exact) mass is 290 g/mol. The molecule has 5 heteroatoms. The minimum absolute atomic E-state index is 0.325. The third kappa shape index (κ3) is 2.27. The molecule has 22 heavy (non-hydrogen) atoms. The molecular formula is C17H14N4O. The van der Waals surface area contributed by atoms with Crippen LogP contribution < -0.4 is 10.5 Å². The van der Waals surface area contributed by atoms with Gasteiger partial charge in [0.15, 0.2) is 0 Å². The highest BCUT2D eigenvalue weighted by atomic mass is 16.5. The summed E-state index contributed by atoms with van der Waals surface area (Å²) in [5.74, 6) is 1.07. The number of aromatic nitrogens is 2. The summed E-state index contributed by atoms with van der Waals surface area (Å²) in [4.78, 5) is 0. The molecule has 108 valence electrons. The molecular weight excluding hydrogens is 276 g/mol. The van der Waals surface area contributed by atoms with Crippen molar-refractivity contribution < 1.29 is 4.74 Å². The van der Waals surface area contributed by atoms with E-state index in [-0.39, 0.29) is 0 Å². The van der Waals surface area contributed by atoms with Crippen molar-refractivity contribution in [2.24, 2.45) is 0 Å². The molecule has 0 amide bonds. The Morgan fingerprint density at radius 1 is 1.09 bits per heavy atom. The van der Waals surface area contributed by atoms with Gasteiger partial charge in [-0.15, -0.1) is 0 Å². The summed E-state index contributed by atoms with van der Waals surface area (Å²) in [7, 11) is 1.61. The Hall–Kier alpha value is -3.26. The van der Waals surface area contributed by atoms with E-state index in [2.05, 4.69) is 11.2 Å². The molecule has 2 N–H and O–H groups in total. The average molecular weight is 290 g/mol. The van der Waals surface area contributed by atoms with Gasteiger partial charge in [0.2, 0.25) is 0 Å². The summed E-state index contributed by atoms with van der Waals surface area (Å²) >= 11 is 0. The SMILES string of the molecule is COc1ccc(-n2nc(-c3ccccc3)c(C#N)c2N)cc1. The molecule has 0 bridgehead atoms. The number of hydrogen-bond acceptors (Lipinski definition) is 4. The lowest BCUT2D eigenvalue weighted by molar-refractivity contribution is 0.414. The number of benzene rings is 2. The maximum atomic E-state index is 9.40. The van der Waals surface area contributed by atoms with Gasteiger partial charge in [-0.2, -0.15) is 10.4 Å². The van der Waals surface area contributed by atoms with Crippen LogP contribution >= 0.6 is 0 Å². The molecule has 3 rings (SSSR count). The first-order chi connectivity index (χ1) is 10.7. The minimum atomic E-state index is 0.325. The van der Waals surface area contributed by atoms with Gasteiger partial charge in [0.05, 0.1) is 12.8 Å². The van der Waals surface area contributed by atoms with Crippen LogP contribution in [0.1, 0.15) is 5.56 Å². The first-order valence-corrected chi connectivity index (χ1v) is 6.73. The van der Waals surface area contributed by atoms with Crippen molar-refractivity contribution in [3.05, 3.63) is 60.2 Å². The molecule has 3 aromatic rings. The predicted molar refractivity (Wildman–Crippen MR) is 84.7 cm³/mol. The van der Waals surface area contributed by atoms with Crippen molar-refractivity contribution in [3.63, 3.8) is 0 Å². The minimum Gasteiger partial charge on any atom is -0.497 e. The van der Waals surface area contributed by atoms with Gasteiger partial charge in [-0.1, -0.05) is 30.3 Å². The molecule has 5 nitrogen and oxygen atoms in total. The first kappa shape index (κ1) is 13.7. The molecule has 0 unspecified atom stereocenters. The molecule has 1 heterocycles. The molecule has 0 fully saturated rings. The van der Waals surface area contributed by atoms with Gasteiger partial charge in [0.1, 0.15) is 28.9 Å². The van der Waals surface area contributed by atoms with Gasteiger partial charge in [-0.3, -0.25) is 0 Å². The van der Waals surface area contributed by atoms with Crippen LogP contribution in [-0.2, 0) is 0 Å². The third-order valence-electron chi connectivity index (χ3n) is 3.40. The van der Waals surface area contributed by atoms with Crippen LogP contribution in [-0.4, -0.2) is 16.9 Å². The van der Waals surface area contributed by atoms with Gasteiger partial charge in [0.25, 0.3) is 0 Å². The Morgan fingerprint density at radius 3 is 2.36 bits per heavy atom. The molecule has 0 saturated heterocycles. The lowest BCUT2D eigenvalue weighted by Gasteiger charge is -2.05. The Labute approximate surface area is 128 Å². The summed E-state index contributed by atoms with van der Waals surface area (Å²) in [5.41, 5.74) is 8.69. The molecule has 1 aromatic heterocycles. The van der Waals surface area contributed by atoms with E-state index in [1.807, 2.05) is 54.6 Å². The van der Waals surface area contributed by atoms with Crippen LogP contribution in [0.15, 0.2) is 54.6 Å². The van der Waals surface area contributed by atoms with Crippen molar-refractivity contribution in [2.75, 3.05) is 12.8 Å². The van der Waals surface area contributed by atoms with Gasteiger partial charge >= 0.3 is 0 Å². The number of nitrogens with two attached hydrogens (primary N) is 1. The number of nitriles is 1. The molecule has 0 aliphatic carbocycles. The summed E-state index contributed by atoms with van der Waals surface area (Å²) in [5, 5.41) is 13.9. The number of nitrogen functional groups attached to an aromatic ring is 1. The largest absolute Gasteiger partial charge is 0.497 e. The van der Waals surface area contributed by atoms with Gasteiger partial charge in [0, 0.05) is 5.56 Å². The Kier molecular flexibility index (Phi) is 3.50. The van der Waals surface area contributed by atoms with Crippen LogP contribution in [0, 0.1) is 11.3 Å². The summed E-state index contributed by atoms with van der Waals surface area (Å²) < 4.78 is 6.71. The van der Waals surface area contributed by atoms with E-state index in [0.29, 0.717) is 17.1 Å². The topological polar surface area (TPSA) is 76.9 Å². The predicted octanol–water partition coefficient (Wildman–Crippen LogP) is 3.00. The summed E-state index contributed by atoms with van der Waals surface area (Å²) in [6.07, 6.45) is 0. The smallest absolute Gasteiger partial charge is 0.145 e. The summed E-state index contributed by atoms with van der Waals surface area (Å²) in [6.45, 7) is 0. The lowest BCUT2D eigenvalue weighted by Crippen LogP contribution is -2.02. The highest BCUT2D eigenvalue weighted by molar-refractivity contribution is 5.73. The van der Waals surface area contributed by atoms with Crippen molar-refractivity contribution in [1.82, 2.24) is 9.78 Å². The number of ether oxygens (including phenoxy) is 1. The average Bonchev–Trinajstić information content (AvgIpc) is 2.92. The number of rotatable bonds is 3. The van der Waals surface area contributed by atoms with Gasteiger partial charge in [-0.25, -0.2) is 4.68 Å². The fourth-order valence-electron chi connectivity index (χ4n) is 2.26. The third-order valence-corrected chi connectivity index (χ3v) is 3.40. The zero-order valence-electron chi connectivity index (χ0n) is 12.0. The molecule has 0 aliphatic rings. The fraction of sp³-hybridized carbons (Fsp3) is 0.0588. The lowest BCUT2D eigenvalue weighted by atomic mass is 10.1. The normalized spacial score (nSPS) is 10.2. The van der Waals surface area contributed by atoms with Gasteiger partial charge < -0.3 is 10.5 Å². The van der Waals surface area contributed by atoms with E-state index in [9.17, 15) is 5.26 Å². The second-order valence-electron chi connectivity index (χ2n) is 4.70. The summed E-state index contributed by atoms with van der Waals surface area (Å²) in [6, 6.07) is 19.0. The van der Waals surface area contributed by atoms with E-state index in [4.69, 9.17) is 10.5 Å². The zero-order valence-corrected chi connectivity index (χ0v) is 12.0. The maximum Gasteiger partial charge on any atom is 0.145 e. The highest BCUT2D eigenvalue weighted by Gasteiger charge is 2.17. The maximum absolute atomic E-state index is 9.40. The second-order valence-corrected chi connectivity index (χ2v) is 4.70. The number of hydrogen-bond donors (Lipinski definition) is 1. The van der Waals surface area contributed by atoms with E-state index < -0.39 is 0 Å². The Bertz CT molecular complexity index is 830. The van der Waals surface area contributed by atoms with Crippen LogP contribution in [0.3, 0.4) is 0 Å².